The van der Waals surface area contributed by atoms with E-state index >= 15 is 0 Å². The van der Waals surface area contributed by atoms with Crippen molar-refractivity contribution in [3.8, 4) is 17.2 Å². The molecule has 0 N–H and O–H groups in total. The van der Waals surface area contributed by atoms with Crippen LogP contribution in [0.5, 0.6) is 17.2 Å². The fraction of sp³-hybridized carbons (Fsp3) is 0.481. The predicted octanol–water partition coefficient (Wildman–Crippen LogP) is 5.54. The molecule has 0 aliphatic carbocycles. The molecule has 35 heavy (non-hydrogen) atoms. The highest BCUT2D eigenvalue weighted by Crippen LogP contribution is 2.38. The largest absolute Gasteiger partial charge is 0.493 e. The molecule has 0 aliphatic heterocycles. The van der Waals surface area contributed by atoms with Gasteiger partial charge >= 0.3 is 11.9 Å². The van der Waals surface area contributed by atoms with Crippen LogP contribution in [0, 0.1) is 5.41 Å². The van der Waals surface area contributed by atoms with Gasteiger partial charge in [0.25, 0.3) is 0 Å². The number of carbonyl (C=O) groups is 2. The molecule has 0 saturated heterocycles. The third kappa shape index (κ3) is 7.37. The zero-order valence-corrected chi connectivity index (χ0v) is 23.1. The van der Waals surface area contributed by atoms with Crippen LogP contribution >= 0.6 is 15.9 Å². The molecule has 0 atom stereocenters. The Morgan fingerprint density at radius 1 is 0.857 bits per heavy atom. The first-order valence-corrected chi connectivity index (χ1v) is 12.3. The minimum Gasteiger partial charge on any atom is -0.493 e. The van der Waals surface area contributed by atoms with E-state index in [-0.39, 0.29) is 25.0 Å². The summed E-state index contributed by atoms with van der Waals surface area (Å²) >= 11 is 3.58. The summed E-state index contributed by atoms with van der Waals surface area (Å²) in [6.07, 6.45) is 0.667. The van der Waals surface area contributed by atoms with Crippen LogP contribution in [0.1, 0.15) is 45.2 Å². The van der Waals surface area contributed by atoms with Crippen molar-refractivity contribution < 1.29 is 33.3 Å². The highest BCUT2D eigenvalue weighted by atomic mass is 79.9. The molecule has 8 heteroatoms. The van der Waals surface area contributed by atoms with Crippen molar-refractivity contribution in [3.05, 3.63) is 52.0 Å². The highest BCUT2D eigenvalue weighted by Gasteiger charge is 2.48. The molecular formula is C27H35BrO7. The van der Waals surface area contributed by atoms with Gasteiger partial charge in [0.05, 0.1) is 33.5 Å². The van der Waals surface area contributed by atoms with Crippen LogP contribution < -0.4 is 14.2 Å². The lowest BCUT2D eigenvalue weighted by molar-refractivity contribution is -0.169. The molecule has 0 heterocycles. The van der Waals surface area contributed by atoms with E-state index in [2.05, 4.69) is 15.9 Å². The Hall–Kier alpha value is -2.74. The van der Waals surface area contributed by atoms with E-state index in [0.29, 0.717) is 23.7 Å². The Labute approximate surface area is 216 Å². The number of hydrogen-bond donors (Lipinski definition) is 0. The first-order chi connectivity index (χ1) is 16.6. The molecule has 2 aromatic carbocycles. The zero-order chi connectivity index (χ0) is 26.2. The summed E-state index contributed by atoms with van der Waals surface area (Å²) in [5, 5.41) is 0. The van der Waals surface area contributed by atoms with E-state index in [9.17, 15) is 9.59 Å². The molecule has 0 fully saturated rings. The Balaban J connectivity index is 2.42. The van der Waals surface area contributed by atoms with E-state index in [1.807, 2.05) is 64.1 Å². The standard InChI is InChI=1S/C27H35BrO7/c1-17(2)34-21-10-8-19(9-11-21)16-27(25(29)32-6,26(30)33-7)13-12-20-14-24(35-18(3)4)23(31-5)15-22(20)28/h8-11,14-15,17-18H,12-13,16H2,1-7H3. The van der Waals surface area contributed by atoms with Crippen molar-refractivity contribution in [2.45, 2.75) is 59.2 Å². The predicted molar refractivity (Wildman–Crippen MR) is 137 cm³/mol. The van der Waals surface area contributed by atoms with Gasteiger partial charge in [0, 0.05) is 4.47 Å². The molecule has 2 rings (SSSR count). The van der Waals surface area contributed by atoms with Crippen molar-refractivity contribution >= 4 is 27.9 Å². The molecule has 192 valence electrons. The van der Waals surface area contributed by atoms with E-state index < -0.39 is 17.4 Å². The summed E-state index contributed by atoms with van der Waals surface area (Å²) in [6, 6.07) is 11.0. The third-order valence-electron chi connectivity index (χ3n) is 5.47. The summed E-state index contributed by atoms with van der Waals surface area (Å²) < 4.78 is 28.0. The van der Waals surface area contributed by atoms with Gasteiger partial charge in [-0.05, 0) is 82.3 Å². The quantitative estimate of drug-likeness (QED) is 0.253. The molecular weight excluding hydrogens is 516 g/mol. The second kappa shape index (κ2) is 12.8. The molecule has 0 bridgehead atoms. The van der Waals surface area contributed by atoms with E-state index in [1.54, 1.807) is 7.11 Å². The number of rotatable bonds is 12. The Morgan fingerprint density at radius 3 is 1.91 bits per heavy atom. The van der Waals surface area contributed by atoms with Crippen molar-refractivity contribution in [3.63, 3.8) is 0 Å². The van der Waals surface area contributed by atoms with Crippen molar-refractivity contribution in [2.75, 3.05) is 21.3 Å². The summed E-state index contributed by atoms with van der Waals surface area (Å²) in [5.41, 5.74) is 0.122. The van der Waals surface area contributed by atoms with Crippen molar-refractivity contribution in [2.24, 2.45) is 5.41 Å². The smallest absolute Gasteiger partial charge is 0.323 e. The first-order valence-electron chi connectivity index (χ1n) is 11.5. The lowest BCUT2D eigenvalue weighted by atomic mass is 9.76. The minimum absolute atomic E-state index is 0.0394. The van der Waals surface area contributed by atoms with Crippen molar-refractivity contribution in [1.82, 2.24) is 0 Å². The number of ether oxygens (including phenoxy) is 5. The van der Waals surface area contributed by atoms with Crippen LogP contribution in [0.2, 0.25) is 0 Å². The maximum absolute atomic E-state index is 13.1. The number of carbonyl (C=O) groups excluding carboxylic acids is 2. The second-order valence-electron chi connectivity index (χ2n) is 8.81. The molecule has 0 spiro atoms. The minimum atomic E-state index is -1.53. The molecule has 7 nitrogen and oxygen atoms in total. The van der Waals surface area contributed by atoms with Crippen LogP contribution in [-0.2, 0) is 31.9 Å². The Bertz CT molecular complexity index is 983. The molecule has 2 aromatic rings. The number of halogens is 1. The van der Waals surface area contributed by atoms with E-state index in [4.69, 9.17) is 23.7 Å². The highest BCUT2D eigenvalue weighted by molar-refractivity contribution is 9.10. The van der Waals surface area contributed by atoms with Crippen molar-refractivity contribution in [1.29, 1.82) is 0 Å². The summed E-state index contributed by atoms with van der Waals surface area (Å²) in [6.45, 7) is 7.75. The molecule has 0 radical (unpaired) electrons. The van der Waals surface area contributed by atoms with Gasteiger partial charge in [0.15, 0.2) is 16.9 Å². The van der Waals surface area contributed by atoms with E-state index in [0.717, 1.165) is 15.6 Å². The third-order valence-corrected chi connectivity index (χ3v) is 6.21. The van der Waals surface area contributed by atoms with Crippen LogP contribution in [0.3, 0.4) is 0 Å². The summed E-state index contributed by atoms with van der Waals surface area (Å²) in [7, 11) is 4.13. The fourth-order valence-electron chi connectivity index (χ4n) is 3.84. The Kier molecular flexibility index (Phi) is 10.4. The number of aryl methyl sites for hydroxylation is 1. The first kappa shape index (κ1) is 28.5. The number of esters is 2. The molecule has 0 saturated carbocycles. The molecule has 0 amide bonds. The van der Waals surface area contributed by atoms with Gasteiger partial charge in [0.1, 0.15) is 5.75 Å². The Morgan fingerprint density at radius 2 is 1.43 bits per heavy atom. The number of methoxy groups -OCH3 is 3. The van der Waals surface area contributed by atoms with Gasteiger partial charge in [-0.2, -0.15) is 0 Å². The average Bonchev–Trinajstić information content (AvgIpc) is 2.82. The van der Waals surface area contributed by atoms with Gasteiger partial charge in [-0.1, -0.05) is 28.1 Å². The average molecular weight is 551 g/mol. The van der Waals surface area contributed by atoms with Crippen LogP contribution in [0.4, 0.5) is 0 Å². The fourth-order valence-corrected chi connectivity index (χ4v) is 4.36. The van der Waals surface area contributed by atoms with Crippen LogP contribution in [0.25, 0.3) is 0 Å². The molecule has 0 unspecified atom stereocenters. The summed E-state index contributed by atoms with van der Waals surface area (Å²) in [4.78, 5) is 26.1. The number of benzene rings is 2. The lowest BCUT2D eigenvalue weighted by Gasteiger charge is -2.29. The van der Waals surface area contributed by atoms with Crippen LogP contribution in [0.15, 0.2) is 40.9 Å². The lowest BCUT2D eigenvalue weighted by Crippen LogP contribution is -2.43. The van der Waals surface area contributed by atoms with Gasteiger partial charge < -0.3 is 23.7 Å². The topological polar surface area (TPSA) is 80.3 Å². The van der Waals surface area contributed by atoms with E-state index in [1.165, 1.54) is 14.2 Å². The normalized spacial score (nSPS) is 11.4. The SMILES string of the molecule is COC(=O)C(CCc1cc(OC(C)C)c(OC)cc1Br)(Cc1ccc(OC(C)C)cc1)C(=O)OC. The zero-order valence-electron chi connectivity index (χ0n) is 21.5. The molecule has 0 aromatic heterocycles. The maximum Gasteiger partial charge on any atom is 0.323 e. The van der Waals surface area contributed by atoms with Gasteiger partial charge in [-0.25, -0.2) is 0 Å². The van der Waals surface area contributed by atoms with Gasteiger partial charge in [-0.15, -0.1) is 0 Å². The second-order valence-corrected chi connectivity index (χ2v) is 9.67. The monoisotopic (exact) mass is 550 g/mol. The summed E-state index contributed by atoms with van der Waals surface area (Å²) in [5.74, 6) is 0.601. The number of hydrogen-bond acceptors (Lipinski definition) is 7. The molecule has 0 aliphatic rings. The van der Waals surface area contributed by atoms with Gasteiger partial charge in [-0.3, -0.25) is 9.59 Å². The van der Waals surface area contributed by atoms with Gasteiger partial charge in [0.2, 0.25) is 0 Å². The maximum atomic E-state index is 13.1. The van der Waals surface area contributed by atoms with Crippen LogP contribution in [-0.4, -0.2) is 45.5 Å².